The van der Waals surface area contributed by atoms with Crippen molar-refractivity contribution in [2.75, 3.05) is 26.4 Å². The molecular formula is C30H60NO9P. The predicted molar refractivity (Wildman–Crippen MR) is 162 cm³/mol. The second kappa shape index (κ2) is 27.8. The summed E-state index contributed by atoms with van der Waals surface area (Å²) in [6.07, 6.45) is 21.8. The van der Waals surface area contributed by atoms with Gasteiger partial charge in [0.1, 0.15) is 12.1 Å². The topological polar surface area (TPSA) is 155 Å². The fourth-order valence-corrected chi connectivity index (χ4v) is 5.09. The molecule has 0 spiro atoms. The van der Waals surface area contributed by atoms with Crippen molar-refractivity contribution in [3.63, 3.8) is 0 Å². The van der Waals surface area contributed by atoms with E-state index in [4.69, 9.17) is 24.8 Å². The number of hydrogen-bond acceptors (Lipinski definition) is 8. The van der Waals surface area contributed by atoms with E-state index in [-0.39, 0.29) is 13.0 Å². The second-order valence-corrected chi connectivity index (χ2v) is 12.4. The van der Waals surface area contributed by atoms with Gasteiger partial charge in [-0.3, -0.25) is 18.6 Å². The summed E-state index contributed by atoms with van der Waals surface area (Å²) in [7, 11) is -4.59. The molecule has 0 aliphatic carbocycles. The minimum Gasteiger partial charge on any atom is -0.480 e. The maximum atomic E-state index is 12.4. The van der Waals surface area contributed by atoms with Crippen LogP contribution in [0.15, 0.2) is 0 Å². The van der Waals surface area contributed by atoms with Gasteiger partial charge in [0, 0.05) is 13.0 Å². The smallest absolute Gasteiger partial charge is 0.472 e. The number of carboxylic acid groups (broad SMARTS) is 1. The van der Waals surface area contributed by atoms with E-state index in [1.165, 1.54) is 77.0 Å². The SMILES string of the molecule is CCCCCCCCCCCCCCOC[C@H](COP(=O)(O)OC[C@H](N)C(=O)O)OC(=O)CCCCCCCCC. The summed E-state index contributed by atoms with van der Waals surface area (Å²) in [6, 6.07) is -1.46. The molecule has 0 heterocycles. The van der Waals surface area contributed by atoms with Crippen LogP contribution in [0.1, 0.15) is 142 Å². The van der Waals surface area contributed by atoms with Gasteiger partial charge in [0.25, 0.3) is 0 Å². The highest BCUT2D eigenvalue weighted by atomic mass is 31.2. The quantitative estimate of drug-likeness (QED) is 0.0414. The summed E-state index contributed by atoms with van der Waals surface area (Å²) in [6.45, 7) is 3.81. The van der Waals surface area contributed by atoms with Crippen LogP contribution in [0.5, 0.6) is 0 Å². The maximum absolute atomic E-state index is 12.4. The molecule has 0 rings (SSSR count). The second-order valence-electron chi connectivity index (χ2n) is 11.0. The van der Waals surface area contributed by atoms with E-state index in [1.807, 2.05) is 0 Å². The first kappa shape index (κ1) is 40.0. The van der Waals surface area contributed by atoms with Crippen molar-refractivity contribution in [3.8, 4) is 0 Å². The Balaban J connectivity index is 4.32. The van der Waals surface area contributed by atoms with Crippen LogP contribution in [0.25, 0.3) is 0 Å². The molecular weight excluding hydrogens is 549 g/mol. The zero-order chi connectivity index (χ0) is 30.6. The van der Waals surface area contributed by atoms with E-state index in [0.29, 0.717) is 13.0 Å². The number of aliphatic carboxylic acids is 1. The molecule has 0 bridgehead atoms. The number of hydrogen-bond donors (Lipinski definition) is 3. The number of unbranched alkanes of at least 4 members (excludes halogenated alkanes) is 17. The fourth-order valence-electron chi connectivity index (χ4n) is 4.31. The molecule has 0 aromatic rings. The van der Waals surface area contributed by atoms with E-state index in [9.17, 15) is 19.0 Å². The molecule has 10 nitrogen and oxygen atoms in total. The number of ether oxygens (including phenoxy) is 2. The number of carbonyl (C=O) groups excluding carboxylic acids is 1. The van der Waals surface area contributed by atoms with Crippen molar-refractivity contribution in [2.24, 2.45) is 5.73 Å². The highest BCUT2D eigenvalue weighted by Crippen LogP contribution is 2.43. The van der Waals surface area contributed by atoms with Crippen LogP contribution < -0.4 is 5.73 Å². The molecule has 0 amide bonds. The van der Waals surface area contributed by atoms with Crippen molar-refractivity contribution in [2.45, 2.75) is 154 Å². The third kappa shape index (κ3) is 27.5. The Bertz CT molecular complexity index is 680. The Hall–Kier alpha value is -1.03. The Morgan fingerprint density at radius 1 is 0.683 bits per heavy atom. The number of carboxylic acids is 1. The van der Waals surface area contributed by atoms with Crippen molar-refractivity contribution < 1.29 is 42.7 Å². The lowest BCUT2D eigenvalue weighted by Crippen LogP contribution is -2.34. The summed E-state index contributed by atoms with van der Waals surface area (Å²) < 4.78 is 32.9. The molecule has 0 aromatic carbocycles. The minimum absolute atomic E-state index is 0.0232. The van der Waals surface area contributed by atoms with E-state index in [0.717, 1.165) is 38.5 Å². The normalized spacial score (nSPS) is 14.4. The monoisotopic (exact) mass is 609 g/mol. The van der Waals surface area contributed by atoms with Crippen molar-refractivity contribution in [1.82, 2.24) is 0 Å². The number of phosphoric ester groups is 1. The first-order valence-corrected chi connectivity index (χ1v) is 17.6. The molecule has 0 fully saturated rings. The van der Waals surface area contributed by atoms with Crippen molar-refractivity contribution in [3.05, 3.63) is 0 Å². The minimum atomic E-state index is -4.59. The van der Waals surface area contributed by atoms with Crippen LogP contribution in [0.4, 0.5) is 0 Å². The van der Waals surface area contributed by atoms with Crippen LogP contribution in [-0.2, 0) is 32.7 Å². The van der Waals surface area contributed by atoms with E-state index < -0.39 is 45.1 Å². The molecule has 0 aromatic heterocycles. The summed E-state index contributed by atoms with van der Waals surface area (Å²) in [5.41, 5.74) is 5.30. The largest absolute Gasteiger partial charge is 0.480 e. The van der Waals surface area contributed by atoms with E-state index in [1.54, 1.807) is 0 Å². The Morgan fingerprint density at radius 3 is 1.61 bits per heavy atom. The molecule has 0 saturated carbocycles. The average molecular weight is 610 g/mol. The lowest BCUT2D eigenvalue weighted by Gasteiger charge is -2.20. The summed E-state index contributed by atoms with van der Waals surface area (Å²) >= 11 is 0. The number of carbonyl (C=O) groups is 2. The first-order chi connectivity index (χ1) is 19.7. The standard InChI is InChI=1S/C30H60NO9P/c1-3-5-7-9-11-12-13-14-15-17-19-21-23-37-24-27(25-38-41(35,36)39-26-28(31)30(33)34)40-29(32)22-20-18-16-10-8-6-4-2/h27-28H,3-26,31H2,1-2H3,(H,33,34)(H,35,36)/t27-,28+/m1/s1. The van der Waals surface area contributed by atoms with Crippen LogP contribution in [0, 0.1) is 0 Å². The van der Waals surface area contributed by atoms with Gasteiger partial charge in [-0.05, 0) is 12.8 Å². The van der Waals surface area contributed by atoms with Crippen molar-refractivity contribution in [1.29, 1.82) is 0 Å². The van der Waals surface area contributed by atoms with E-state index in [2.05, 4.69) is 18.4 Å². The average Bonchev–Trinajstić information content (AvgIpc) is 2.94. The Kier molecular flexibility index (Phi) is 27.1. The van der Waals surface area contributed by atoms with Gasteiger partial charge in [-0.2, -0.15) is 0 Å². The molecule has 11 heteroatoms. The summed E-state index contributed by atoms with van der Waals surface area (Å²) in [5, 5.41) is 8.80. The number of nitrogens with two attached hydrogens (primary N) is 1. The molecule has 4 N–H and O–H groups in total. The third-order valence-corrected chi connectivity index (χ3v) is 7.84. The van der Waals surface area contributed by atoms with Gasteiger partial charge >= 0.3 is 19.8 Å². The maximum Gasteiger partial charge on any atom is 0.472 e. The zero-order valence-corrected chi connectivity index (χ0v) is 26.8. The third-order valence-electron chi connectivity index (χ3n) is 6.89. The van der Waals surface area contributed by atoms with Crippen LogP contribution in [-0.4, -0.2) is 60.5 Å². The van der Waals surface area contributed by atoms with Crippen LogP contribution in [0.3, 0.4) is 0 Å². The van der Waals surface area contributed by atoms with Gasteiger partial charge in [0.2, 0.25) is 0 Å². The molecule has 41 heavy (non-hydrogen) atoms. The molecule has 0 radical (unpaired) electrons. The van der Waals surface area contributed by atoms with Gasteiger partial charge < -0.3 is 25.2 Å². The number of esters is 1. The fraction of sp³-hybridized carbons (Fsp3) is 0.933. The Labute approximate surface area is 249 Å². The summed E-state index contributed by atoms with van der Waals surface area (Å²) in [4.78, 5) is 33.0. The molecule has 244 valence electrons. The van der Waals surface area contributed by atoms with E-state index >= 15 is 0 Å². The van der Waals surface area contributed by atoms with Gasteiger partial charge in [-0.25, -0.2) is 4.57 Å². The first-order valence-electron chi connectivity index (χ1n) is 16.1. The molecule has 1 unspecified atom stereocenters. The molecule has 0 saturated heterocycles. The predicted octanol–water partition coefficient (Wildman–Crippen LogP) is 7.30. The molecule has 0 aliphatic rings. The highest BCUT2D eigenvalue weighted by Gasteiger charge is 2.27. The summed E-state index contributed by atoms with van der Waals surface area (Å²) in [5.74, 6) is -1.78. The van der Waals surface area contributed by atoms with Gasteiger partial charge in [0.15, 0.2) is 0 Å². The Morgan fingerprint density at radius 2 is 1.12 bits per heavy atom. The molecule has 3 atom stereocenters. The van der Waals surface area contributed by atoms with Crippen LogP contribution >= 0.6 is 7.82 Å². The number of rotatable bonds is 31. The van der Waals surface area contributed by atoms with Gasteiger partial charge in [-0.15, -0.1) is 0 Å². The van der Waals surface area contributed by atoms with Gasteiger partial charge in [0.05, 0.1) is 19.8 Å². The highest BCUT2D eigenvalue weighted by molar-refractivity contribution is 7.47. The lowest BCUT2D eigenvalue weighted by atomic mass is 10.1. The number of phosphoric acid groups is 1. The van der Waals surface area contributed by atoms with Crippen LogP contribution in [0.2, 0.25) is 0 Å². The van der Waals surface area contributed by atoms with Crippen molar-refractivity contribution >= 4 is 19.8 Å². The molecule has 0 aliphatic heterocycles. The zero-order valence-electron chi connectivity index (χ0n) is 25.9. The lowest BCUT2D eigenvalue weighted by molar-refractivity contribution is -0.154. The van der Waals surface area contributed by atoms with Gasteiger partial charge in [-0.1, -0.05) is 123 Å².